The summed E-state index contributed by atoms with van der Waals surface area (Å²) in [5.74, 6) is 1.75. The first-order valence-corrected chi connectivity index (χ1v) is 8.56. The molecule has 0 unspecified atom stereocenters. The van der Waals surface area contributed by atoms with Gasteiger partial charge in [-0.05, 0) is 31.2 Å². The van der Waals surface area contributed by atoms with Crippen molar-refractivity contribution in [2.24, 2.45) is 0 Å². The van der Waals surface area contributed by atoms with E-state index in [1.54, 1.807) is 35.9 Å². The van der Waals surface area contributed by atoms with E-state index in [0.29, 0.717) is 23.7 Å². The van der Waals surface area contributed by atoms with Crippen LogP contribution in [0, 0.1) is 0 Å². The lowest BCUT2D eigenvalue weighted by atomic mass is 10.3. The fraction of sp³-hybridized carbons (Fsp3) is 0.500. The van der Waals surface area contributed by atoms with E-state index in [-0.39, 0.29) is 18.4 Å². The van der Waals surface area contributed by atoms with E-state index in [2.05, 4.69) is 12.2 Å². The smallest absolute Gasteiger partial charge is 0.244 e. The van der Waals surface area contributed by atoms with Gasteiger partial charge in [0.2, 0.25) is 11.8 Å². The highest BCUT2D eigenvalue weighted by molar-refractivity contribution is 7.99. The van der Waals surface area contributed by atoms with Crippen molar-refractivity contribution >= 4 is 29.3 Å². The molecule has 0 aliphatic rings. The summed E-state index contributed by atoms with van der Waals surface area (Å²) in [5, 5.41) is 2.78. The molecule has 0 atom stereocenters. The van der Waals surface area contributed by atoms with Gasteiger partial charge in [-0.25, -0.2) is 0 Å². The molecular weight excluding hydrogens is 300 g/mol. The summed E-state index contributed by atoms with van der Waals surface area (Å²) in [6.45, 7) is 4.53. The number of ether oxygens (including phenoxy) is 1. The predicted molar refractivity (Wildman–Crippen MR) is 91.5 cm³/mol. The minimum Gasteiger partial charge on any atom is -0.495 e. The van der Waals surface area contributed by atoms with Crippen molar-refractivity contribution in [1.82, 2.24) is 4.90 Å². The molecule has 1 aromatic carbocycles. The maximum atomic E-state index is 12.1. The summed E-state index contributed by atoms with van der Waals surface area (Å²) in [7, 11) is 1.55. The average molecular weight is 324 g/mol. The number of methoxy groups -OCH3 is 1. The Morgan fingerprint density at radius 2 is 2.00 bits per heavy atom. The average Bonchev–Trinajstić information content (AvgIpc) is 2.53. The van der Waals surface area contributed by atoms with Crippen LogP contribution in [0.15, 0.2) is 24.3 Å². The number of hydrogen-bond donors (Lipinski definition) is 1. The topological polar surface area (TPSA) is 58.6 Å². The number of amides is 2. The van der Waals surface area contributed by atoms with Gasteiger partial charge in [0, 0.05) is 6.54 Å². The van der Waals surface area contributed by atoms with E-state index in [0.717, 1.165) is 12.2 Å². The molecule has 0 aliphatic carbocycles. The van der Waals surface area contributed by atoms with Crippen molar-refractivity contribution in [2.45, 2.75) is 20.3 Å². The van der Waals surface area contributed by atoms with Gasteiger partial charge in [0.15, 0.2) is 0 Å². The molecule has 0 saturated heterocycles. The Labute approximate surface area is 136 Å². The fourth-order valence-corrected chi connectivity index (χ4v) is 2.67. The Bertz CT molecular complexity index is 494. The second-order valence-corrected chi connectivity index (χ2v) is 5.81. The molecule has 0 bridgehead atoms. The van der Waals surface area contributed by atoms with E-state index in [1.807, 2.05) is 19.1 Å². The van der Waals surface area contributed by atoms with E-state index < -0.39 is 0 Å². The molecule has 0 radical (unpaired) electrons. The van der Waals surface area contributed by atoms with Crippen LogP contribution in [0.1, 0.15) is 20.3 Å². The number of thioether (sulfide) groups is 1. The lowest BCUT2D eigenvalue weighted by molar-refractivity contribution is -0.132. The van der Waals surface area contributed by atoms with Crippen LogP contribution in [0.25, 0.3) is 0 Å². The van der Waals surface area contributed by atoms with Crippen LogP contribution >= 0.6 is 11.8 Å². The summed E-state index contributed by atoms with van der Waals surface area (Å²) in [4.78, 5) is 25.7. The summed E-state index contributed by atoms with van der Waals surface area (Å²) in [6.07, 6.45) is 1.04. The van der Waals surface area contributed by atoms with Crippen molar-refractivity contribution in [3.05, 3.63) is 24.3 Å². The zero-order valence-electron chi connectivity index (χ0n) is 13.4. The highest BCUT2D eigenvalue weighted by Crippen LogP contribution is 2.22. The molecule has 0 aliphatic heterocycles. The number of para-hydroxylation sites is 2. The highest BCUT2D eigenvalue weighted by atomic mass is 32.2. The molecule has 1 aromatic rings. The third kappa shape index (κ3) is 5.97. The molecule has 0 saturated carbocycles. The number of nitrogens with one attached hydrogen (secondary N) is 1. The van der Waals surface area contributed by atoms with Gasteiger partial charge in [0.1, 0.15) is 5.75 Å². The number of nitrogens with zero attached hydrogens (tertiary/aromatic N) is 1. The molecule has 6 heteroatoms. The van der Waals surface area contributed by atoms with Crippen LogP contribution in [0.3, 0.4) is 0 Å². The number of benzene rings is 1. The van der Waals surface area contributed by atoms with Crippen LogP contribution in [0.2, 0.25) is 0 Å². The van der Waals surface area contributed by atoms with Gasteiger partial charge in [-0.2, -0.15) is 11.8 Å². The summed E-state index contributed by atoms with van der Waals surface area (Å²) < 4.78 is 5.19. The van der Waals surface area contributed by atoms with Crippen molar-refractivity contribution in [1.29, 1.82) is 0 Å². The van der Waals surface area contributed by atoms with Crippen molar-refractivity contribution in [2.75, 3.05) is 37.0 Å². The predicted octanol–water partition coefficient (Wildman–Crippen LogP) is 2.63. The summed E-state index contributed by atoms with van der Waals surface area (Å²) in [6, 6.07) is 7.20. The van der Waals surface area contributed by atoms with Crippen LogP contribution in [0.5, 0.6) is 5.75 Å². The Morgan fingerprint density at radius 1 is 1.27 bits per heavy atom. The first kappa shape index (κ1) is 18.4. The summed E-state index contributed by atoms with van der Waals surface area (Å²) >= 11 is 1.60. The standard InChI is InChI=1S/C16H24N2O3S/c1-4-10-22-12-16(20)18(5-2)11-15(19)17-13-8-6-7-9-14(13)21-3/h6-9H,4-5,10-12H2,1-3H3,(H,17,19). The minimum atomic E-state index is -0.222. The van der Waals surface area contributed by atoms with E-state index in [4.69, 9.17) is 4.74 Å². The molecule has 0 spiro atoms. The quantitative estimate of drug-likeness (QED) is 0.710. The lowest BCUT2D eigenvalue weighted by Crippen LogP contribution is -2.38. The van der Waals surface area contributed by atoms with Gasteiger partial charge in [-0.3, -0.25) is 9.59 Å². The van der Waals surface area contributed by atoms with E-state index in [1.165, 1.54) is 0 Å². The van der Waals surface area contributed by atoms with Gasteiger partial charge in [-0.15, -0.1) is 0 Å². The molecule has 2 amide bonds. The van der Waals surface area contributed by atoms with Gasteiger partial charge < -0.3 is 15.0 Å². The summed E-state index contributed by atoms with van der Waals surface area (Å²) in [5.41, 5.74) is 0.610. The van der Waals surface area contributed by atoms with Crippen molar-refractivity contribution in [3.63, 3.8) is 0 Å². The SMILES string of the molecule is CCCSCC(=O)N(CC)CC(=O)Nc1ccccc1OC. The molecule has 22 heavy (non-hydrogen) atoms. The number of hydrogen-bond acceptors (Lipinski definition) is 4. The highest BCUT2D eigenvalue weighted by Gasteiger charge is 2.16. The number of carbonyl (C=O) groups is 2. The molecule has 5 nitrogen and oxygen atoms in total. The van der Waals surface area contributed by atoms with E-state index >= 15 is 0 Å². The van der Waals surface area contributed by atoms with Crippen LogP contribution < -0.4 is 10.1 Å². The first-order chi connectivity index (χ1) is 10.6. The molecule has 0 fully saturated rings. The number of carbonyl (C=O) groups excluding carboxylic acids is 2. The Hall–Kier alpha value is -1.69. The zero-order valence-corrected chi connectivity index (χ0v) is 14.2. The molecule has 1 rings (SSSR count). The Morgan fingerprint density at radius 3 is 2.64 bits per heavy atom. The monoisotopic (exact) mass is 324 g/mol. The Kier molecular flexibility index (Phi) is 8.43. The molecule has 0 heterocycles. The largest absolute Gasteiger partial charge is 0.495 e. The maximum absolute atomic E-state index is 12.1. The maximum Gasteiger partial charge on any atom is 0.244 e. The van der Waals surface area contributed by atoms with Gasteiger partial charge >= 0.3 is 0 Å². The van der Waals surface area contributed by atoms with Crippen molar-refractivity contribution in [3.8, 4) is 5.75 Å². The second kappa shape index (κ2) is 10.1. The fourth-order valence-electron chi connectivity index (χ4n) is 1.88. The number of likely N-dealkylation sites (N-methyl/N-ethyl adjacent to an activating group) is 1. The van der Waals surface area contributed by atoms with Gasteiger partial charge in [-0.1, -0.05) is 19.1 Å². The van der Waals surface area contributed by atoms with Crippen LogP contribution in [-0.2, 0) is 9.59 Å². The number of anilines is 1. The van der Waals surface area contributed by atoms with Crippen LogP contribution in [0.4, 0.5) is 5.69 Å². The normalized spacial score (nSPS) is 10.1. The number of rotatable bonds is 9. The van der Waals surface area contributed by atoms with Gasteiger partial charge in [0.05, 0.1) is 25.1 Å². The third-order valence-corrected chi connectivity index (χ3v) is 4.17. The van der Waals surface area contributed by atoms with E-state index in [9.17, 15) is 9.59 Å². The van der Waals surface area contributed by atoms with Gasteiger partial charge in [0.25, 0.3) is 0 Å². The zero-order chi connectivity index (χ0) is 16.4. The third-order valence-electron chi connectivity index (χ3n) is 3.02. The van der Waals surface area contributed by atoms with Crippen LogP contribution in [-0.4, -0.2) is 48.4 Å². The molecule has 0 aromatic heterocycles. The minimum absolute atomic E-state index is 0.00359. The lowest BCUT2D eigenvalue weighted by Gasteiger charge is -2.20. The second-order valence-electron chi connectivity index (χ2n) is 4.71. The van der Waals surface area contributed by atoms with Crippen molar-refractivity contribution < 1.29 is 14.3 Å². The first-order valence-electron chi connectivity index (χ1n) is 7.40. The Balaban J connectivity index is 2.56. The molecule has 122 valence electrons. The molecular formula is C16H24N2O3S. The molecule has 1 N–H and O–H groups in total.